The van der Waals surface area contributed by atoms with E-state index in [1.54, 1.807) is 36.4 Å². The predicted octanol–water partition coefficient (Wildman–Crippen LogP) is 5.73. The molecule has 0 aliphatic heterocycles. The molecule has 0 radical (unpaired) electrons. The third kappa shape index (κ3) is 9.19. The van der Waals surface area contributed by atoms with E-state index in [1.165, 1.54) is 57.6 Å². The van der Waals surface area contributed by atoms with Crippen LogP contribution in [0.5, 0.6) is 23.0 Å². The Morgan fingerprint density at radius 3 is 2.04 bits per heavy atom. The third-order valence-corrected chi connectivity index (χ3v) is 9.81. The molecule has 0 saturated heterocycles. The number of rotatable bonds is 16. The Morgan fingerprint density at radius 1 is 0.760 bits per heavy atom. The first-order valence-electron chi connectivity index (χ1n) is 15.8. The van der Waals surface area contributed by atoms with Crippen molar-refractivity contribution < 1.29 is 37.0 Å². The van der Waals surface area contributed by atoms with Crippen LogP contribution in [0, 0.1) is 0 Å². The average molecular weight is 724 g/mol. The molecular formula is C37H42ClN3O8S. The Labute approximate surface area is 298 Å². The number of methoxy groups -OCH3 is 4. The zero-order chi connectivity index (χ0) is 36.4. The SMILES string of the molecule is COc1ccc(OC)c(N(CC(=O)N(Cc2cccc(Cl)c2)C(Cc2ccccc2)C(=O)NC(C)C)S(=O)(=O)c2ccc(OC)c(OC)c2)c1. The van der Waals surface area contributed by atoms with Crippen molar-refractivity contribution >= 4 is 39.1 Å². The number of hydrogen-bond acceptors (Lipinski definition) is 8. The van der Waals surface area contributed by atoms with E-state index in [0.717, 1.165) is 9.87 Å². The van der Waals surface area contributed by atoms with Crippen molar-refractivity contribution in [1.82, 2.24) is 10.2 Å². The summed E-state index contributed by atoms with van der Waals surface area (Å²) in [6.07, 6.45) is 0.163. The van der Waals surface area contributed by atoms with E-state index in [1.807, 2.05) is 44.2 Å². The number of carbonyl (C=O) groups is 2. The largest absolute Gasteiger partial charge is 0.497 e. The van der Waals surface area contributed by atoms with Gasteiger partial charge >= 0.3 is 0 Å². The highest BCUT2D eigenvalue weighted by Crippen LogP contribution is 2.38. The quantitative estimate of drug-likeness (QED) is 0.156. The Balaban J connectivity index is 1.90. The van der Waals surface area contributed by atoms with E-state index in [0.29, 0.717) is 22.1 Å². The van der Waals surface area contributed by atoms with Crippen LogP contribution in [0.4, 0.5) is 5.69 Å². The number of carbonyl (C=O) groups excluding carboxylic acids is 2. The number of amides is 2. The molecule has 0 aliphatic rings. The predicted molar refractivity (Wildman–Crippen MR) is 193 cm³/mol. The smallest absolute Gasteiger partial charge is 0.265 e. The molecule has 11 nitrogen and oxygen atoms in total. The number of nitrogens with one attached hydrogen (secondary N) is 1. The summed E-state index contributed by atoms with van der Waals surface area (Å²) in [5.41, 5.74) is 1.50. The van der Waals surface area contributed by atoms with Crippen molar-refractivity contribution in [3.8, 4) is 23.0 Å². The Morgan fingerprint density at radius 2 is 1.42 bits per heavy atom. The molecule has 0 aliphatic carbocycles. The summed E-state index contributed by atoms with van der Waals surface area (Å²) >= 11 is 6.33. The summed E-state index contributed by atoms with van der Waals surface area (Å²) in [5.74, 6) is -0.0579. The van der Waals surface area contributed by atoms with E-state index < -0.39 is 34.4 Å². The van der Waals surface area contributed by atoms with E-state index in [4.69, 9.17) is 30.5 Å². The Bertz CT molecular complexity index is 1890. The molecule has 4 aromatic rings. The van der Waals surface area contributed by atoms with Gasteiger partial charge in [0.05, 0.1) is 39.0 Å². The number of sulfonamides is 1. The zero-order valence-corrected chi connectivity index (χ0v) is 30.5. The highest BCUT2D eigenvalue weighted by atomic mass is 35.5. The van der Waals surface area contributed by atoms with Gasteiger partial charge in [0.15, 0.2) is 11.5 Å². The minimum absolute atomic E-state index is 0.0398. The van der Waals surface area contributed by atoms with Crippen molar-refractivity contribution in [1.29, 1.82) is 0 Å². The highest BCUT2D eigenvalue weighted by molar-refractivity contribution is 7.92. The van der Waals surface area contributed by atoms with Crippen molar-refractivity contribution in [2.24, 2.45) is 0 Å². The van der Waals surface area contributed by atoms with Crippen molar-refractivity contribution in [2.45, 2.75) is 43.8 Å². The van der Waals surface area contributed by atoms with Gasteiger partial charge in [-0.15, -0.1) is 0 Å². The molecule has 2 amide bonds. The van der Waals surface area contributed by atoms with Crippen LogP contribution in [0.25, 0.3) is 0 Å². The molecule has 0 fully saturated rings. The number of nitrogens with zero attached hydrogens (tertiary/aromatic N) is 2. The van der Waals surface area contributed by atoms with Gasteiger partial charge in [-0.1, -0.05) is 54.1 Å². The first kappa shape index (κ1) is 37.9. The summed E-state index contributed by atoms with van der Waals surface area (Å²) in [7, 11) is 1.16. The maximum atomic E-state index is 14.8. The van der Waals surface area contributed by atoms with Gasteiger partial charge in [0.1, 0.15) is 24.1 Å². The lowest BCUT2D eigenvalue weighted by Crippen LogP contribution is -2.54. The Hall–Kier alpha value is -4.94. The first-order valence-corrected chi connectivity index (χ1v) is 17.6. The normalized spacial score (nSPS) is 11.8. The minimum atomic E-state index is -4.51. The van der Waals surface area contributed by atoms with Gasteiger partial charge in [-0.05, 0) is 61.4 Å². The van der Waals surface area contributed by atoms with Crippen LogP contribution in [0.3, 0.4) is 0 Å². The van der Waals surface area contributed by atoms with E-state index in [2.05, 4.69) is 5.32 Å². The van der Waals surface area contributed by atoms with Crippen LogP contribution in [0.15, 0.2) is 95.9 Å². The summed E-state index contributed by atoms with van der Waals surface area (Å²) in [6.45, 7) is 2.91. The van der Waals surface area contributed by atoms with Crippen LogP contribution < -0.4 is 28.6 Å². The summed E-state index contributed by atoms with van der Waals surface area (Å²) < 4.78 is 52.0. The molecule has 0 heterocycles. The highest BCUT2D eigenvalue weighted by Gasteiger charge is 2.36. The molecule has 1 unspecified atom stereocenters. The Kier molecular flexibility index (Phi) is 13.0. The van der Waals surface area contributed by atoms with E-state index in [-0.39, 0.29) is 41.1 Å². The second kappa shape index (κ2) is 17.1. The fraction of sp³-hybridized carbons (Fsp3) is 0.297. The van der Waals surface area contributed by atoms with Gasteiger partial charge in [0, 0.05) is 36.2 Å². The van der Waals surface area contributed by atoms with Crippen LogP contribution >= 0.6 is 11.6 Å². The molecule has 266 valence electrons. The van der Waals surface area contributed by atoms with Gasteiger partial charge in [-0.2, -0.15) is 0 Å². The average Bonchev–Trinajstić information content (AvgIpc) is 3.11. The number of hydrogen-bond donors (Lipinski definition) is 1. The van der Waals surface area contributed by atoms with Gasteiger partial charge in [-0.25, -0.2) is 8.42 Å². The molecule has 1 N–H and O–H groups in total. The summed E-state index contributed by atoms with van der Waals surface area (Å²) in [5, 5.41) is 3.38. The second-order valence-corrected chi connectivity index (χ2v) is 13.9. The van der Waals surface area contributed by atoms with Gasteiger partial charge in [-0.3, -0.25) is 13.9 Å². The number of ether oxygens (including phenoxy) is 4. The number of benzene rings is 4. The molecule has 4 aromatic carbocycles. The molecule has 1 atom stereocenters. The summed E-state index contributed by atoms with van der Waals surface area (Å²) in [4.78, 5) is 29.9. The molecule has 13 heteroatoms. The maximum Gasteiger partial charge on any atom is 0.265 e. The molecule has 50 heavy (non-hydrogen) atoms. The molecule has 0 aromatic heterocycles. The number of halogens is 1. The second-order valence-electron chi connectivity index (χ2n) is 11.6. The lowest BCUT2D eigenvalue weighted by atomic mass is 10.0. The van der Waals surface area contributed by atoms with Gasteiger partial charge in [0.2, 0.25) is 11.8 Å². The standard InChI is InChI=1S/C37H42ClN3O8S/c1-25(2)39-37(43)32(20-26-11-8-7-9-12-26)40(23-27-13-10-14-28(38)19-27)36(42)24-41(31-21-29(46-3)15-17-33(31)47-4)50(44,45)30-16-18-34(48-5)35(22-30)49-6/h7-19,21-22,25,32H,20,23-24H2,1-6H3,(H,39,43). The van der Waals surface area contributed by atoms with Crippen LogP contribution in [0.2, 0.25) is 5.02 Å². The number of anilines is 1. The van der Waals surface area contributed by atoms with Gasteiger partial charge < -0.3 is 29.2 Å². The maximum absolute atomic E-state index is 14.8. The molecule has 0 bridgehead atoms. The van der Waals surface area contributed by atoms with Crippen molar-refractivity contribution in [3.05, 3.63) is 107 Å². The minimum Gasteiger partial charge on any atom is -0.497 e. The fourth-order valence-electron chi connectivity index (χ4n) is 5.38. The molecule has 0 spiro atoms. The first-order chi connectivity index (χ1) is 23.9. The lowest BCUT2D eigenvalue weighted by Gasteiger charge is -2.34. The van der Waals surface area contributed by atoms with E-state index in [9.17, 15) is 18.0 Å². The topological polar surface area (TPSA) is 124 Å². The monoisotopic (exact) mass is 723 g/mol. The van der Waals surface area contributed by atoms with Crippen molar-refractivity contribution in [2.75, 3.05) is 39.3 Å². The van der Waals surface area contributed by atoms with Crippen LogP contribution in [-0.2, 0) is 32.6 Å². The molecule has 0 saturated carbocycles. The fourth-order valence-corrected chi connectivity index (χ4v) is 7.02. The summed E-state index contributed by atoms with van der Waals surface area (Å²) in [6, 6.07) is 23.8. The molecular weight excluding hydrogens is 682 g/mol. The van der Waals surface area contributed by atoms with Crippen LogP contribution in [0.1, 0.15) is 25.0 Å². The van der Waals surface area contributed by atoms with Crippen LogP contribution in [-0.4, -0.2) is 72.2 Å². The molecule has 4 rings (SSSR count). The lowest BCUT2D eigenvalue weighted by molar-refractivity contribution is -0.140. The van der Waals surface area contributed by atoms with Crippen molar-refractivity contribution in [3.63, 3.8) is 0 Å². The third-order valence-electron chi connectivity index (χ3n) is 7.82. The van der Waals surface area contributed by atoms with Gasteiger partial charge in [0.25, 0.3) is 10.0 Å². The van der Waals surface area contributed by atoms with E-state index >= 15 is 0 Å². The zero-order valence-electron chi connectivity index (χ0n) is 28.9.